The van der Waals surface area contributed by atoms with Crippen LogP contribution in [0.4, 0.5) is 0 Å². The van der Waals surface area contributed by atoms with Gasteiger partial charge >= 0.3 is 0 Å². The molecule has 0 spiro atoms. The molecule has 1 aliphatic rings. The van der Waals surface area contributed by atoms with E-state index in [1.807, 2.05) is 30.3 Å². The van der Waals surface area contributed by atoms with E-state index < -0.39 is 0 Å². The summed E-state index contributed by atoms with van der Waals surface area (Å²) in [6.07, 6.45) is 0.0233. The first-order valence-corrected chi connectivity index (χ1v) is 7.49. The molecule has 2 aromatic rings. The van der Waals surface area contributed by atoms with Crippen molar-refractivity contribution >= 4 is 0 Å². The minimum absolute atomic E-state index is 0.0233. The summed E-state index contributed by atoms with van der Waals surface area (Å²) < 4.78 is 11.8. The third kappa shape index (κ3) is 3.03. The number of nitrogens with one attached hydrogen (secondary N) is 1. The topological polar surface area (TPSA) is 30.5 Å². The van der Waals surface area contributed by atoms with Gasteiger partial charge in [0, 0.05) is 11.6 Å². The average molecular weight is 283 g/mol. The van der Waals surface area contributed by atoms with Crippen molar-refractivity contribution in [3.8, 4) is 11.5 Å². The summed E-state index contributed by atoms with van der Waals surface area (Å²) in [7, 11) is 0. The second-order valence-corrected chi connectivity index (χ2v) is 5.29. The van der Waals surface area contributed by atoms with Crippen molar-refractivity contribution in [2.24, 2.45) is 0 Å². The normalized spacial score (nSPS) is 17.9. The van der Waals surface area contributed by atoms with Crippen molar-refractivity contribution in [3.63, 3.8) is 0 Å². The van der Waals surface area contributed by atoms with E-state index in [0.717, 1.165) is 18.0 Å². The molecule has 0 saturated heterocycles. The van der Waals surface area contributed by atoms with Crippen LogP contribution in [0, 0.1) is 0 Å². The van der Waals surface area contributed by atoms with Crippen LogP contribution in [0.15, 0.2) is 48.5 Å². The van der Waals surface area contributed by atoms with Crippen molar-refractivity contribution in [1.82, 2.24) is 5.32 Å². The number of rotatable bonds is 5. The summed E-state index contributed by atoms with van der Waals surface area (Å²) in [5, 5.41) is 3.42. The summed E-state index contributed by atoms with van der Waals surface area (Å²) >= 11 is 0. The maximum absolute atomic E-state index is 6.02. The van der Waals surface area contributed by atoms with Crippen molar-refractivity contribution < 1.29 is 9.47 Å². The third-order valence-electron chi connectivity index (χ3n) is 3.80. The Balaban J connectivity index is 1.73. The van der Waals surface area contributed by atoms with Gasteiger partial charge in [-0.3, -0.25) is 0 Å². The Morgan fingerprint density at radius 1 is 1.24 bits per heavy atom. The number of likely N-dealkylation sites (N-methyl/N-ethyl adjacent to an activating group) is 1. The molecule has 0 fully saturated rings. The van der Waals surface area contributed by atoms with Crippen molar-refractivity contribution in [3.05, 3.63) is 59.7 Å². The van der Waals surface area contributed by atoms with E-state index in [1.165, 1.54) is 11.1 Å². The van der Waals surface area contributed by atoms with E-state index in [9.17, 15) is 0 Å². The number of hydrogen-bond acceptors (Lipinski definition) is 3. The van der Waals surface area contributed by atoms with Crippen LogP contribution in [0.3, 0.4) is 0 Å². The highest BCUT2D eigenvalue weighted by atomic mass is 16.5. The molecule has 2 unspecified atom stereocenters. The number of hydrogen-bond donors (Lipinski definition) is 1. The zero-order valence-electron chi connectivity index (χ0n) is 12.5. The average Bonchev–Trinajstić information content (AvgIpc) is 2.91. The predicted octanol–water partition coefficient (Wildman–Crippen LogP) is 3.87. The third-order valence-corrected chi connectivity index (χ3v) is 3.80. The Labute approximate surface area is 125 Å². The Bertz CT molecular complexity index is 597. The number of benzene rings is 2. The molecule has 0 amide bonds. The molecule has 110 valence electrons. The van der Waals surface area contributed by atoms with Crippen LogP contribution in [-0.2, 0) is 0 Å². The van der Waals surface area contributed by atoms with Crippen molar-refractivity contribution in [2.45, 2.75) is 26.0 Å². The van der Waals surface area contributed by atoms with Crippen LogP contribution in [0.2, 0.25) is 0 Å². The highest BCUT2D eigenvalue weighted by molar-refractivity contribution is 5.45. The molecule has 1 N–H and O–H groups in total. The van der Waals surface area contributed by atoms with Gasteiger partial charge in [0.25, 0.3) is 0 Å². The van der Waals surface area contributed by atoms with Gasteiger partial charge in [-0.05, 0) is 31.2 Å². The Hall–Kier alpha value is -2.00. The van der Waals surface area contributed by atoms with Crippen LogP contribution in [-0.4, -0.2) is 13.2 Å². The van der Waals surface area contributed by atoms with E-state index in [0.29, 0.717) is 12.6 Å². The summed E-state index contributed by atoms with van der Waals surface area (Å²) in [6, 6.07) is 16.6. The largest absolute Gasteiger partial charge is 0.491 e. The summed E-state index contributed by atoms with van der Waals surface area (Å²) in [4.78, 5) is 0. The molecule has 0 bridgehead atoms. The first-order chi connectivity index (χ1) is 10.3. The molecule has 3 nitrogen and oxygen atoms in total. The lowest BCUT2D eigenvalue weighted by atomic mass is 10.1. The molecule has 0 radical (unpaired) electrons. The number of fused-ring (bicyclic) bond motifs is 1. The van der Waals surface area contributed by atoms with Gasteiger partial charge in [-0.2, -0.15) is 0 Å². The standard InChI is InChI=1S/C18H21NO2/c1-3-19-17-12-20-18-11-15(9-10-16(17)18)21-13(2)14-7-5-4-6-8-14/h4-11,13,17,19H,3,12H2,1-2H3. The zero-order valence-corrected chi connectivity index (χ0v) is 12.5. The van der Waals surface area contributed by atoms with Gasteiger partial charge in [-0.25, -0.2) is 0 Å². The van der Waals surface area contributed by atoms with Gasteiger partial charge in [0.15, 0.2) is 0 Å². The fourth-order valence-corrected chi connectivity index (χ4v) is 2.68. The summed E-state index contributed by atoms with van der Waals surface area (Å²) in [5.41, 5.74) is 2.39. The van der Waals surface area contributed by atoms with Crippen LogP contribution in [0.25, 0.3) is 0 Å². The zero-order chi connectivity index (χ0) is 14.7. The molecule has 3 heteroatoms. The van der Waals surface area contributed by atoms with E-state index in [4.69, 9.17) is 9.47 Å². The first kappa shape index (κ1) is 14.0. The molecule has 1 heterocycles. The van der Waals surface area contributed by atoms with Gasteiger partial charge < -0.3 is 14.8 Å². The highest BCUT2D eigenvalue weighted by Gasteiger charge is 2.23. The maximum Gasteiger partial charge on any atom is 0.128 e. The minimum atomic E-state index is 0.0233. The van der Waals surface area contributed by atoms with E-state index in [2.05, 4.69) is 37.4 Å². The molecule has 0 aliphatic carbocycles. The smallest absolute Gasteiger partial charge is 0.128 e. The molecule has 2 atom stereocenters. The van der Waals surface area contributed by atoms with Gasteiger partial charge in [0.05, 0.1) is 6.04 Å². The van der Waals surface area contributed by atoms with Gasteiger partial charge in [0.1, 0.15) is 24.2 Å². The molecular weight excluding hydrogens is 262 g/mol. The van der Waals surface area contributed by atoms with Gasteiger partial charge in [-0.15, -0.1) is 0 Å². The highest BCUT2D eigenvalue weighted by Crippen LogP contribution is 2.36. The Kier molecular flexibility index (Phi) is 4.11. The van der Waals surface area contributed by atoms with Gasteiger partial charge in [-0.1, -0.05) is 37.3 Å². The molecule has 1 aliphatic heterocycles. The molecular formula is C18H21NO2. The van der Waals surface area contributed by atoms with Crippen LogP contribution < -0.4 is 14.8 Å². The lowest BCUT2D eigenvalue weighted by Crippen LogP contribution is -2.21. The fourth-order valence-electron chi connectivity index (χ4n) is 2.68. The minimum Gasteiger partial charge on any atom is -0.491 e. The molecule has 0 saturated carbocycles. The fraction of sp³-hybridized carbons (Fsp3) is 0.333. The molecule has 3 rings (SSSR count). The van der Waals surface area contributed by atoms with Crippen molar-refractivity contribution in [2.75, 3.05) is 13.2 Å². The summed E-state index contributed by atoms with van der Waals surface area (Å²) in [6.45, 7) is 5.81. The Morgan fingerprint density at radius 3 is 2.81 bits per heavy atom. The molecule has 2 aromatic carbocycles. The van der Waals surface area contributed by atoms with Crippen LogP contribution >= 0.6 is 0 Å². The molecule has 21 heavy (non-hydrogen) atoms. The maximum atomic E-state index is 6.02. The monoisotopic (exact) mass is 283 g/mol. The summed E-state index contributed by atoms with van der Waals surface area (Å²) in [5.74, 6) is 1.78. The lowest BCUT2D eigenvalue weighted by molar-refractivity contribution is 0.225. The second kappa shape index (κ2) is 6.19. The molecule has 0 aromatic heterocycles. The van der Waals surface area contributed by atoms with Crippen molar-refractivity contribution in [1.29, 1.82) is 0 Å². The quantitative estimate of drug-likeness (QED) is 0.903. The van der Waals surface area contributed by atoms with E-state index in [1.54, 1.807) is 0 Å². The van der Waals surface area contributed by atoms with E-state index in [-0.39, 0.29) is 6.10 Å². The SMILES string of the molecule is CCNC1COc2cc(OC(C)c3ccccc3)ccc21. The van der Waals surface area contributed by atoms with Gasteiger partial charge in [0.2, 0.25) is 0 Å². The lowest BCUT2D eigenvalue weighted by Gasteiger charge is -2.16. The van der Waals surface area contributed by atoms with Crippen LogP contribution in [0.1, 0.15) is 37.1 Å². The Morgan fingerprint density at radius 2 is 2.05 bits per heavy atom. The number of ether oxygens (including phenoxy) is 2. The van der Waals surface area contributed by atoms with E-state index >= 15 is 0 Å². The first-order valence-electron chi connectivity index (χ1n) is 7.49. The van der Waals surface area contributed by atoms with Crippen LogP contribution in [0.5, 0.6) is 11.5 Å². The predicted molar refractivity (Wildman–Crippen MR) is 83.8 cm³/mol. The second-order valence-electron chi connectivity index (χ2n) is 5.29.